The maximum absolute atomic E-state index is 11.8. The Kier molecular flexibility index (Phi) is 5.53. The zero-order valence-electron chi connectivity index (χ0n) is 12.3. The highest BCUT2D eigenvalue weighted by atomic mass is 16.5. The Morgan fingerprint density at radius 1 is 1.30 bits per heavy atom. The Morgan fingerprint density at radius 2 is 1.95 bits per heavy atom. The van der Waals surface area contributed by atoms with Crippen molar-refractivity contribution in [2.75, 3.05) is 18.5 Å². The molecule has 0 aliphatic heterocycles. The summed E-state index contributed by atoms with van der Waals surface area (Å²) in [5.41, 5.74) is -1.11. The zero-order chi connectivity index (χ0) is 15.3. The Balaban J connectivity index is 2.88. The molecule has 0 radical (unpaired) electrons. The van der Waals surface area contributed by atoms with Crippen LogP contribution in [0.4, 0.5) is 5.82 Å². The minimum Gasteiger partial charge on any atom is -0.379 e. The second-order valence-electron chi connectivity index (χ2n) is 4.74. The van der Waals surface area contributed by atoms with Gasteiger partial charge in [-0.25, -0.2) is 4.79 Å². The summed E-state index contributed by atoms with van der Waals surface area (Å²) >= 11 is 0. The molecule has 0 atom stereocenters. The van der Waals surface area contributed by atoms with E-state index in [1.54, 1.807) is 0 Å². The third-order valence-electron chi connectivity index (χ3n) is 2.84. The summed E-state index contributed by atoms with van der Waals surface area (Å²) in [5, 5.41) is 12.0. The fraction of sp³-hybridized carbons (Fsp3) is 0.615. The molecule has 20 heavy (non-hydrogen) atoms. The minimum atomic E-state index is -0.587. The van der Waals surface area contributed by atoms with Crippen LogP contribution in [0.2, 0.25) is 0 Å². The number of nitrogens with one attached hydrogen (secondary N) is 1. The average molecular weight is 280 g/mol. The third kappa shape index (κ3) is 3.48. The molecule has 0 fully saturated rings. The second kappa shape index (κ2) is 6.91. The summed E-state index contributed by atoms with van der Waals surface area (Å²) in [4.78, 5) is 23.6. The van der Waals surface area contributed by atoms with Crippen LogP contribution in [-0.4, -0.2) is 28.4 Å². The van der Waals surface area contributed by atoms with Crippen molar-refractivity contribution in [2.24, 2.45) is 14.1 Å². The summed E-state index contributed by atoms with van der Waals surface area (Å²) in [7, 11) is 2.88. The van der Waals surface area contributed by atoms with Crippen LogP contribution in [0, 0.1) is 11.3 Å². The lowest BCUT2D eigenvalue weighted by Gasteiger charge is -2.14. The molecule has 0 spiro atoms. The minimum absolute atomic E-state index is 0.0561. The third-order valence-corrected chi connectivity index (χ3v) is 2.84. The number of hydrogen-bond acceptors (Lipinski definition) is 5. The molecule has 0 saturated carbocycles. The van der Waals surface area contributed by atoms with Crippen molar-refractivity contribution in [3.8, 4) is 6.07 Å². The van der Waals surface area contributed by atoms with Gasteiger partial charge in [-0.05, 0) is 20.3 Å². The normalized spacial score (nSPS) is 10.6. The van der Waals surface area contributed by atoms with E-state index in [1.807, 2.05) is 19.9 Å². The second-order valence-corrected chi connectivity index (χ2v) is 4.74. The fourth-order valence-corrected chi connectivity index (χ4v) is 1.75. The number of hydrogen-bond donors (Lipinski definition) is 1. The summed E-state index contributed by atoms with van der Waals surface area (Å²) in [6.45, 7) is 4.99. The maximum Gasteiger partial charge on any atom is 0.332 e. The van der Waals surface area contributed by atoms with Crippen molar-refractivity contribution in [3.63, 3.8) is 0 Å². The molecule has 1 aromatic rings. The number of nitriles is 1. The molecule has 110 valence electrons. The average Bonchev–Trinajstić information content (AvgIpc) is 2.41. The predicted molar refractivity (Wildman–Crippen MR) is 75.8 cm³/mol. The molecule has 7 nitrogen and oxygen atoms in total. The van der Waals surface area contributed by atoms with Crippen molar-refractivity contribution in [1.82, 2.24) is 9.13 Å². The molecular formula is C13H20N4O3. The first-order chi connectivity index (χ1) is 9.40. The van der Waals surface area contributed by atoms with Gasteiger partial charge in [0.05, 0.1) is 6.10 Å². The molecule has 0 bridgehead atoms. The molecule has 0 aliphatic carbocycles. The first-order valence-corrected chi connectivity index (χ1v) is 6.45. The van der Waals surface area contributed by atoms with Gasteiger partial charge in [0.15, 0.2) is 5.56 Å². The highest BCUT2D eigenvalue weighted by molar-refractivity contribution is 5.51. The van der Waals surface area contributed by atoms with Gasteiger partial charge in [-0.3, -0.25) is 13.9 Å². The van der Waals surface area contributed by atoms with Gasteiger partial charge in [0.25, 0.3) is 5.56 Å². The monoisotopic (exact) mass is 280 g/mol. The van der Waals surface area contributed by atoms with E-state index in [4.69, 9.17) is 10.00 Å². The van der Waals surface area contributed by atoms with Crippen LogP contribution in [0.5, 0.6) is 0 Å². The van der Waals surface area contributed by atoms with E-state index in [0.717, 1.165) is 4.57 Å². The number of nitrogens with zero attached hydrogens (tertiary/aromatic N) is 3. The molecule has 0 aromatic carbocycles. The molecule has 0 aliphatic rings. The van der Waals surface area contributed by atoms with E-state index in [0.29, 0.717) is 19.6 Å². The van der Waals surface area contributed by atoms with Crippen LogP contribution >= 0.6 is 0 Å². The molecule has 1 aromatic heterocycles. The fourth-order valence-electron chi connectivity index (χ4n) is 1.75. The van der Waals surface area contributed by atoms with E-state index in [1.165, 1.54) is 18.7 Å². The van der Waals surface area contributed by atoms with Gasteiger partial charge in [-0.15, -0.1) is 0 Å². The lowest BCUT2D eigenvalue weighted by molar-refractivity contribution is 0.0787. The van der Waals surface area contributed by atoms with E-state index < -0.39 is 11.2 Å². The largest absolute Gasteiger partial charge is 0.379 e. The Hall–Kier alpha value is -2.07. The predicted octanol–water partition coefficient (Wildman–Crippen LogP) is 0.183. The summed E-state index contributed by atoms with van der Waals surface area (Å²) in [5.74, 6) is 0.255. The summed E-state index contributed by atoms with van der Waals surface area (Å²) in [6, 6.07) is 1.85. The van der Waals surface area contributed by atoms with Crippen LogP contribution in [0.1, 0.15) is 25.8 Å². The SMILES string of the molecule is CC(C)OCCCNc1c(C#N)c(=O)n(C)c(=O)n1C. The molecule has 0 amide bonds. The molecule has 1 heterocycles. The zero-order valence-corrected chi connectivity index (χ0v) is 12.3. The highest BCUT2D eigenvalue weighted by Gasteiger charge is 2.14. The van der Waals surface area contributed by atoms with Crippen molar-refractivity contribution < 1.29 is 4.74 Å². The lowest BCUT2D eigenvalue weighted by atomic mass is 10.3. The van der Waals surface area contributed by atoms with Crippen LogP contribution in [0.3, 0.4) is 0 Å². The molecule has 0 saturated heterocycles. The smallest absolute Gasteiger partial charge is 0.332 e. The molecule has 0 unspecified atom stereocenters. The van der Waals surface area contributed by atoms with Gasteiger partial charge < -0.3 is 10.1 Å². The van der Waals surface area contributed by atoms with Crippen LogP contribution < -0.4 is 16.6 Å². The van der Waals surface area contributed by atoms with E-state index in [-0.39, 0.29) is 17.5 Å². The van der Waals surface area contributed by atoms with E-state index in [9.17, 15) is 9.59 Å². The summed E-state index contributed by atoms with van der Waals surface area (Å²) in [6.07, 6.45) is 0.880. The molecule has 7 heteroatoms. The number of ether oxygens (including phenoxy) is 1. The maximum atomic E-state index is 11.8. The van der Waals surface area contributed by atoms with Gasteiger partial charge in [0.1, 0.15) is 11.9 Å². The van der Waals surface area contributed by atoms with Crippen LogP contribution in [-0.2, 0) is 18.8 Å². The first-order valence-electron chi connectivity index (χ1n) is 6.45. The van der Waals surface area contributed by atoms with Crippen molar-refractivity contribution in [3.05, 3.63) is 26.4 Å². The number of aromatic nitrogens is 2. The Bertz CT molecular complexity index is 622. The Morgan fingerprint density at radius 3 is 2.50 bits per heavy atom. The molecular weight excluding hydrogens is 260 g/mol. The van der Waals surface area contributed by atoms with E-state index in [2.05, 4.69) is 5.32 Å². The number of anilines is 1. The van der Waals surface area contributed by atoms with E-state index >= 15 is 0 Å². The molecule has 1 N–H and O–H groups in total. The van der Waals surface area contributed by atoms with Crippen molar-refractivity contribution in [2.45, 2.75) is 26.4 Å². The van der Waals surface area contributed by atoms with Gasteiger partial charge in [0, 0.05) is 27.2 Å². The van der Waals surface area contributed by atoms with Gasteiger partial charge in [-0.2, -0.15) is 5.26 Å². The standard InChI is InChI=1S/C13H20N4O3/c1-9(2)20-7-5-6-15-11-10(8-14)12(18)17(4)13(19)16(11)3/h9,15H,5-7H2,1-4H3. The quantitative estimate of drug-likeness (QED) is 0.751. The van der Waals surface area contributed by atoms with Gasteiger partial charge >= 0.3 is 5.69 Å². The van der Waals surface area contributed by atoms with Crippen LogP contribution in [0.15, 0.2) is 9.59 Å². The highest BCUT2D eigenvalue weighted by Crippen LogP contribution is 2.06. The van der Waals surface area contributed by atoms with Gasteiger partial charge in [-0.1, -0.05) is 0 Å². The van der Waals surface area contributed by atoms with Gasteiger partial charge in [0.2, 0.25) is 0 Å². The van der Waals surface area contributed by atoms with Crippen molar-refractivity contribution in [1.29, 1.82) is 5.26 Å². The summed E-state index contributed by atoms with van der Waals surface area (Å²) < 4.78 is 7.58. The lowest BCUT2D eigenvalue weighted by Crippen LogP contribution is -2.40. The number of rotatable bonds is 6. The first kappa shape index (κ1) is 16.0. The molecule has 1 rings (SSSR count). The Labute approximate surface area is 117 Å². The van der Waals surface area contributed by atoms with Crippen LogP contribution in [0.25, 0.3) is 0 Å². The topological polar surface area (TPSA) is 89.1 Å². The van der Waals surface area contributed by atoms with Crippen molar-refractivity contribution >= 4 is 5.82 Å².